The summed E-state index contributed by atoms with van der Waals surface area (Å²) in [5.41, 5.74) is 1.50. The number of nitrogens with one attached hydrogen (secondary N) is 1. The van der Waals surface area contributed by atoms with Crippen molar-refractivity contribution >= 4 is 39.1 Å². The third-order valence-electron chi connectivity index (χ3n) is 4.14. The number of anilines is 1. The Balaban J connectivity index is 1.40. The summed E-state index contributed by atoms with van der Waals surface area (Å²) in [5.74, 6) is 0.229. The number of hydrogen-bond acceptors (Lipinski definition) is 7. The van der Waals surface area contributed by atoms with Crippen molar-refractivity contribution in [3.63, 3.8) is 0 Å². The Morgan fingerprint density at radius 2 is 1.86 bits per heavy atom. The van der Waals surface area contributed by atoms with E-state index in [1.807, 2.05) is 24.3 Å². The number of rotatable bonds is 9. The van der Waals surface area contributed by atoms with E-state index in [9.17, 15) is 9.59 Å². The Morgan fingerprint density at radius 1 is 1.07 bits per heavy atom. The van der Waals surface area contributed by atoms with Gasteiger partial charge in [-0.05, 0) is 37.1 Å². The molecule has 29 heavy (non-hydrogen) atoms. The van der Waals surface area contributed by atoms with Crippen LogP contribution < -0.4 is 14.8 Å². The number of hydrogen-bond donors (Lipinski definition) is 1. The van der Waals surface area contributed by atoms with Crippen LogP contribution in [0.4, 0.5) is 5.69 Å². The molecule has 1 aromatic heterocycles. The van der Waals surface area contributed by atoms with Gasteiger partial charge in [-0.3, -0.25) is 9.59 Å². The molecular weight excluding hydrogens is 392 g/mol. The molecule has 0 saturated heterocycles. The lowest BCUT2D eigenvalue weighted by atomic mass is 10.2. The van der Waals surface area contributed by atoms with Gasteiger partial charge in [-0.1, -0.05) is 12.1 Å². The second kappa shape index (κ2) is 9.88. The molecule has 0 bridgehead atoms. The van der Waals surface area contributed by atoms with E-state index in [1.165, 1.54) is 14.2 Å². The number of nitrogens with zero attached hydrogens (tertiary/aromatic N) is 1. The fraction of sp³-hybridized carbons (Fsp3) is 0.286. The third kappa shape index (κ3) is 5.68. The van der Waals surface area contributed by atoms with Crippen molar-refractivity contribution in [3.05, 3.63) is 47.5 Å². The van der Waals surface area contributed by atoms with Crippen LogP contribution in [0.15, 0.2) is 42.5 Å². The maximum Gasteiger partial charge on any atom is 0.306 e. The van der Waals surface area contributed by atoms with E-state index >= 15 is 0 Å². The van der Waals surface area contributed by atoms with Crippen molar-refractivity contribution in [3.8, 4) is 11.5 Å². The zero-order chi connectivity index (χ0) is 20.6. The summed E-state index contributed by atoms with van der Waals surface area (Å²) >= 11 is 1.63. The molecule has 0 aliphatic carbocycles. The van der Waals surface area contributed by atoms with Crippen LogP contribution in [0.2, 0.25) is 0 Å². The van der Waals surface area contributed by atoms with Crippen LogP contribution in [-0.4, -0.2) is 37.7 Å². The highest BCUT2D eigenvalue weighted by Gasteiger charge is 2.11. The number of aryl methyl sites for hydroxylation is 1. The number of carbonyl (C=O) groups excluding carboxylic acids is 2. The van der Waals surface area contributed by atoms with E-state index in [2.05, 4.69) is 10.3 Å². The average Bonchev–Trinajstić information content (AvgIpc) is 3.15. The fourth-order valence-corrected chi connectivity index (χ4v) is 3.75. The lowest BCUT2D eigenvalue weighted by Crippen LogP contribution is -2.20. The Bertz CT molecular complexity index is 969. The molecule has 3 aromatic rings. The highest BCUT2D eigenvalue weighted by Crippen LogP contribution is 2.29. The molecule has 0 aliphatic heterocycles. The molecule has 3 rings (SSSR count). The Morgan fingerprint density at radius 3 is 2.62 bits per heavy atom. The quantitative estimate of drug-likeness (QED) is 0.536. The number of ether oxygens (including phenoxy) is 3. The summed E-state index contributed by atoms with van der Waals surface area (Å²) < 4.78 is 16.5. The number of carbonyl (C=O) groups is 2. The number of benzene rings is 2. The van der Waals surface area contributed by atoms with Gasteiger partial charge in [0.1, 0.15) is 0 Å². The van der Waals surface area contributed by atoms with Crippen LogP contribution in [0.1, 0.15) is 17.8 Å². The minimum atomic E-state index is -0.420. The van der Waals surface area contributed by atoms with Crippen LogP contribution in [0.5, 0.6) is 11.5 Å². The molecule has 0 fully saturated rings. The average molecular weight is 414 g/mol. The van der Waals surface area contributed by atoms with E-state index in [1.54, 1.807) is 29.5 Å². The molecule has 1 amide bonds. The molecule has 0 radical (unpaired) electrons. The lowest BCUT2D eigenvalue weighted by molar-refractivity contribution is -0.147. The number of para-hydroxylation sites is 1. The molecule has 8 heteroatoms. The number of amides is 1. The molecule has 7 nitrogen and oxygen atoms in total. The second-order valence-corrected chi connectivity index (χ2v) is 7.32. The highest BCUT2D eigenvalue weighted by atomic mass is 32.1. The Kier molecular flexibility index (Phi) is 7.02. The van der Waals surface area contributed by atoms with E-state index in [0.717, 1.165) is 15.2 Å². The molecule has 0 saturated carbocycles. The maximum absolute atomic E-state index is 12.0. The van der Waals surface area contributed by atoms with Crippen LogP contribution >= 0.6 is 11.3 Å². The summed E-state index contributed by atoms with van der Waals surface area (Å²) in [7, 11) is 3.05. The van der Waals surface area contributed by atoms with Gasteiger partial charge in [0.25, 0.3) is 5.91 Å². The SMILES string of the molecule is COc1ccc(NC(=O)COC(=O)CCCc2nc3ccccc3s2)cc1OC. The summed E-state index contributed by atoms with van der Waals surface area (Å²) in [5, 5.41) is 3.65. The minimum Gasteiger partial charge on any atom is -0.493 e. The van der Waals surface area contributed by atoms with E-state index in [-0.39, 0.29) is 13.0 Å². The molecule has 0 unspecified atom stereocenters. The lowest BCUT2D eigenvalue weighted by Gasteiger charge is -2.10. The smallest absolute Gasteiger partial charge is 0.306 e. The Labute approximate surface area is 172 Å². The first-order valence-corrected chi connectivity index (χ1v) is 9.92. The van der Waals surface area contributed by atoms with E-state index < -0.39 is 11.9 Å². The van der Waals surface area contributed by atoms with Gasteiger partial charge in [0.2, 0.25) is 0 Å². The topological polar surface area (TPSA) is 86.8 Å². The summed E-state index contributed by atoms with van der Waals surface area (Å²) in [6, 6.07) is 12.9. The first kappa shape index (κ1) is 20.6. The van der Waals surface area contributed by atoms with Gasteiger partial charge in [0.05, 0.1) is 29.4 Å². The van der Waals surface area contributed by atoms with Crippen molar-refractivity contribution < 1.29 is 23.8 Å². The van der Waals surface area contributed by atoms with Gasteiger partial charge < -0.3 is 19.5 Å². The number of fused-ring (bicyclic) bond motifs is 1. The van der Waals surface area contributed by atoms with Crippen molar-refractivity contribution in [2.24, 2.45) is 0 Å². The molecule has 1 heterocycles. The molecule has 0 spiro atoms. The number of thiazole rings is 1. The zero-order valence-corrected chi connectivity index (χ0v) is 17.1. The third-order valence-corrected chi connectivity index (χ3v) is 5.24. The summed E-state index contributed by atoms with van der Waals surface area (Å²) in [4.78, 5) is 28.4. The zero-order valence-electron chi connectivity index (χ0n) is 16.3. The minimum absolute atomic E-state index is 0.236. The van der Waals surface area contributed by atoms with E-state index in [4.69, 9.17) is 14.2 Å². The molecule has 2 aromatic carbocycles. The molecule has 0 atom stereocenters. The second-order valence-electron chi connectivity index (χ2n) is 6.21. The predicted octanol–water partition coefficient (Wildman–Crippen LogP) is 3.82. The highest BCUT2D eigenvalue weighted by molar-refractivity contribution is 7.18. The predicted molar refractivity (Wildman–Crippen MR) is 112 cm³/mol. The molecule has 0 aliphatic rings. The summed E-state index contributed by atoms with van der Waals surface area (Å²) in [6.07, 6.45) is 1.56. The molecule has 1 N–H and O–H groups in total. The van der Waals surface area contributed by atoms with Crippen molar-refractivity contribution in [1.82, 2.24) is 4.98 Å². The number of esters is 1. The van der Waals surface area contributed by atoms with Crippen LogP contribution in [-0.2, 0) is 20.7 Å². The summed E-state index contributed by atoms with van der Waals surface area (Å²) in [6.45, 7) is -0.339. The molecule has 152 valence electrons. The Hall–Kier alpha value is -3.13. The first-order chi connectivity index (χ1) is 14.1. The maximum atomic E-state index is 12.0. The number of methoxy groups -OCH3 is 2. The van der Waals surface area contributed by atoms with Crippen LogP contribution in [0.25, 0.3) is 10.2 Å². The monoisotopic (exact) mass is 414 g/mol. The van der Waals surface area contributed by atoms with E-state index in [0.29, 0.717) is 30.0 Å². The van der Waals surface area contributed by atoms with Gasteiger partial charge in [0.15, 0.2) is 18.1 Å². The van der Waals surface area contributed by atoms with Crippen LogP contribution in [0.3, 0.4) is 0 Å². The largest absolute Gasteiger partial charge is 0.493 e. The van der Waals surface area contributed by atoms with Gasteiger partial charge in [-0.15, -0.1) is 11.3 Å². The van der Waals surface area contributed by atoms with Gasteiger partial charge >= 0.3 is 5.97 Å². The van der Waals surface area contributed by atoms with Crippen molar-refractivity contribution in [2.45, 2.75) is 19.3 Å². The van der Waals surface area contributed by atoms with Crippen molar-refractivity contribution in [2.75, 3.05) is 26.1 Å². The normalized spacial score (nSPS) is 10.6. The molecular formula is C21H22N2O5S. The fourth-order valence-electron chi connectivity index (χ4n) is 2.74. The van der Waals surface area contributed by atoms with Gasteiger partial charge in [-0.2, -0.15) is 0 Å². The standard InChI is InChI=1S/C21H22N2O5S/c1-26-16-11-10-14(12-17(16)27-2)22-19(24)13-28-21(25)9-5-8-20-23-15-6-3-4-7-18(15)29-20/h3-4,6-7,10-12H,5,8-9,13H2,1-2H3,(H,22,24). The number of aromatic nitrogens is 1. The van der Waals surface area contributed by atoms with Gasteiger partial charge in [0, 0.05) is 18.2 Å². The van der Waals surface area contributed by atoms with Crippen molar-refractivity contribution in [1.29, 1.82) is 0 Å². The first-order valence-electron chi connectivity index (χ1n) is 9.11. The van der Waals surface area contributed by atoms with Crippen LogP contribution in [0, 0.1) is 0 Å². The van der Waals surface area contributed by atoms with Gasteiger partial charge in [-0.25, -0.2) is 4.98 Å².